The number of carbonyl (C=O) groups is 1. The Morgan fingerprint density at radius 3 is 2.83 bits per heavy atom. The summed E-state index contributed by atoms with van der Waals surface area (Å²) in [5.41, 5.74) is 4.27. The second-order valence-corrected chi connectivity index (χ2v) is 6.26. The van der Waals surface area contributed by atoms with E-state index in [-0.39, 0.29) is 5.91 Å². The molecule has 5 heteroatoms. The largest absolute Gasteiger partial charge is 0.493 e. The number of rotatable bonds is 2. The minimum atomic E-state index is -0.157. The van der Waals surface area contributed by atoms with Crippen molar-refractivity contribution in [3.05, 3.63) is 51.5 Å². The summed E-state index contributed by atoms with van der Waals surface area (Å²) in [6.07, 6.45) is 1.54. The van der Waals surface area contributed by atoms with E-state index in [1.165, 1.54) is 0 Å². The lowest BCUT2D eigenvalue weighted by Crippen LogP contribution is -2.16. The molecule has 0 aromatic heterocycles. The lowest BCUT2D eigenvalue weighted by Gasteiger charge is -2.14. The SMILES string of the molecule is Cc1cc(Cl)ccc1NC(=O)c1c2c(cc3c1OCC3)OCC2. The van der Waals surface area contributed by atoms with E-state index < -0.39 is 0 Å². The molecule has 0 aliphatic carbocycles. The van der Waals surface area contributed by atoms with Gasteiger partial charge in [-0.05, 0) is 36.8 Å². The van der Waals surface area contributed by atoms with Crippen molar-refractivity contribution in [2.45, 2.75) is 19.8 Å². The molecule has 118 valence electrons. The second kappa shape index (κ2) is 5.46. The fraction of sp³-hybridized carbons (Fsp3) is 0.278. The van der Waals surface area contributed by atoms with Crippen molar-refractivity contribution in [2.75, 3.05) is 18.5 Å². The van der Waals surface area contributed by atoms with E-state index in [1.807, 2.05) is 25.1 Å². The molecular weight excluding hydrogens is 314 g/mol. The third-order valence-corrected chi connectivity index (χ3v) is 4.55. The van der Waals surface area contributed by atoms with E-state index >= 15 is 0 Å². The van der Waals surface area contributed by atoms with Crippen molar-refractivity contribution in [3.8, 4) is 11.5 Å². The predicted molar refractivity (Wildman–Crippen MR) is 89.0 cm³/mol. The summed E-state index contributed by atoms with van der Waals surface area (Å²) in [5.74, 6) is 1.36. The van der Waals surface area contributed by atoms with Crippen LogP contribution in [-0.4, -0.2) is 19.1 Å². The Morgan fingerprint density at radius 2 is 2.00 bits per heavy atom. The van der Waals surface area contributed by atoms with Crippen LogP contribution in [0.25, 0.3) is 0 Å². The summed E-state index contributed by atoms with van der Waals surface area (Å²) in [7, 11) is 0. The standard InChI is InChI=1S/C18H16ClNO3/c1-10-8-12(19)2-3-14(10)20-18(21)16-13-5-7-22-15(13)9-11-4-6-23-17(11)16/h2-3,8-9H,4-7H2,1H3,(H,20,21). The van der Waals surface area contributed by atoms with Crippen LogP contribution in [0.3, 0.4) is 0 Å². The fourth-order valence-corrected chi connectivity index (χ4v) is 3.40. The Labute approximate surface area is 139 Å². The molecule has 2 aromatic carbocycles. The van der Waals surface area contributed by atoms with Crippen molar-refractivity contribution in [1.29, 1.82) is 0 Å². The first-order valence-corrected chi connectivity index (χ1v) is 8.03. The first-order chi connectivity index (χ1) is 11.1. The topological polar surface area (TPSA) is 47.6 Å². The molecule has 2 aromatic rings. The van der Waals surface area contributed by atoms with E-state index in [0.29, 0.717) is 29.5 Å². The van der Waals surface area contributed by atoms with E-state index in [9.17, 15) is 4.79 Å². The molecule has 2 aliphatic rings. The summed E-state index contributed by atoms with van der Waals surface area (Å²) in [4.78, 5) is 12.9. The summed E-state index contributed by atoms with van der Waals surface area (Å²) in [6, 6.07) is 7.42. The molecule has 2 aliphatic heterocycles. The van der Waals surface area contributed by atoms with Gasteiger partial charge in [0.1, 0.15) is 11.5 Å². The van der Waals surface area contributed by atoms with E-state index in [0.717, 1.165) is 41.0 Å². The number of halogens is 1. The number of ether oxygens (including phenoxy) is 2. The first kappa shape index (κ1) is 14.4. The van der Waals surface area contributed by atoms with Crippen LogP contribution in [0.1, 0.15) is 27.0 Å². The lowest BCUT2D eigenvalue weighted by molar-refractivity contribution is 0.102. The normalized spacial score (nSPS) is 14.7. The highest BCUT2D eigenvalue weighted by Gasteiger charge is 2.30. The number of nitrogens with one attached hydrogen (secondary N) is 1. The van der Waals surface area contributed by atoms with Crippen LogP contribution in [0.4, 0.5) is 5.69 Å². The highest BCUT2D eigenvalue weighted by Crippen LogP contribution is 2.41. The van der Waals surface area contributed by atoms with Crippen molar-refractivity contribution in [2.24, 2.45) is 0 Å². The van der Waals surface area contributed by atoms with Crippen LogP contribution in [0.5, 0.6) is 11.5 Å². The maximum Gasteiger partial charge on any atom is 0.259 e. The average molecular weight is 330 g/mol. The Kier molecular flexibility index (Phi) is 3.42. The van der Waals surface area contributed by atoms with Gasteiger partial charge in [0.2, 0.25) is 0 Å². The summed E-state index contributed by atoms with van der Waals surface area (Å²) >= 11 is 5.97. The molecule has 0 unspecified atom stereocenters. The van der Waals surface area contributed by atoms with Crippen molar-refractivity contribution in [3.63, 3.8) is 0 Å². The number of anilines is 1. The van der Waals surface area contributed by atoms with Gasteiger partial charge in [0.25, 0.3) is 5.91 Å². The third kappa shape index (κ3) is 2.43. The zero-order valence-electron chi connectivity index (χ0n) is 12.7. The van der Waals surface area contributed by atoms with Gasteiger partial charge in [-0.2, -0.15) is 0 Å². The molecule has 0 radical (unpaired) electrons. The fourth-order valence-electron chi connectivity index (χ4n) is 3.18. The Hall–Kier alpha value is -2.20. The number of hydrogen-bond donors (Lipinski definition) is 1. The van der Waals surface area contributed by atoms with Crippen LogP contribution >= 0.6 is 11.6 Å². The van der Waals surface area contributed by atoms with Gasteiger partial charge in [-0.25, -0.2) is 0 Å². The van der Waals surface area contributed by atoms with Gasteiger partial charge in [-0.15, -0.1) is 0 Å². The number of hydrogen-bond acceptors (Lipinski definition) is 3. The monoisotopic (exact) mass is 329 g/mol. The molecule has 23 heavy (non-hydrogen) atoms. The number of fused-ring (bicyclic) bond motifs is 2. The highest BCUT2D eigenvalue weighted by atomic mass is 35.5. The minimum Gasteiger partial charge on any atom is -0.493 e. The van der Waals surface area contributed by atoms with E-state index in [1.54, 1.807) is 6.07 Å². The van der Waals surface area contributed by atoms with Crippen LogP contribution in [-0.2, 0) is 12.8 Å². The van der Waals surface area contributed by atoms with Gasteiger partial charge >= 0.3 is 0 Å². The molecule has 0 bridgehead atoms. The Balaban J connectivity index is 1.74. The molecule has 0 saturated carbocycles. The number of aryl methyl sites for hydroxylation is 1. The summed E-state index contributed by atoms with van der Waals surface area (Å²) in [6.45, 7) is 3.14. The van der Waals surface area contributed by atoms with Gasteiger partial charge in [-0.1, -0.05) is 11.6 Å². The van der Waals surface area contributed by atoms with Crippen LogP contribution in [0, 0.1) is 6.92 Å². The van der Waals surface area contributed by atoms with Crippen LogP contribution in [0.2, 0.25) is 5.02 Å². The maximum atomic E-state index is 12.9. The molecule has 0 atom stereocenters. The molecule has 0 spiro atoms. The summed E-state index contributed by atoms with van der Waals surface area (Å²) in [5, 5.41) is 3.63. The highest BCUT2D eigenvalue weighted by molar-refractivity contribution is 6.30. The summed E-state index contributed by atoms with van der Waals surface area (Å²) < 4.78 is 11.4. The van der Waals surface area contributed by atoms with E-state index in [4.69, 9.17) is 21.1 Å². The molecule has 4 rings (SSSR count). The third-order valence-electron chi connectivity index (χ3n) is 4.31. The molecule has 4 nitrogen and oxygen atoms in total. The second-order valence-electron chi connectivity index (χ2n) is 5.83. The maximum absolute atomic E-state index is 12.9. The number of carbonyl (C=O) groups excluding carboxylic acids is 1. The van der Waals surface area contributed by atoms with Gasteiger partial charge in [0.15, 0.2) is 0 Å². The number of benzene rings is 2. The van der Waals surface area contributed by atoms with Gasteiger partial charge in [-0.3, -0.25) is 4.79 Å². The molecule has 1 N–H and O–H groups in total. The average Bonchev–Trinajstić information content (AvgIpc) is 3.15. The minimum absolute atomic E-state index is 0.157. The van der Waals surface area contributed by atoms with Gasteiger partial charge < -0.3 is 14.8 Å². The predicted octanol–water partition coefficient (Wildman–Crippen LogP) is 3.77. The van der Waals surface area contributed by atoms with Gasteiger partial charge in [0, 0.05) is 34.7 Å². The van der Waals surface area contributed by atoms with Crippen LogP contribution < -0.4 is 14.8 Å². The molecule has 0 saturated heterocycles. The van der Waals surface area contributed by atoms with Crippen molar-refractivity contribution in [1.82, 2.24) is 0 Å². The molecule has 2 heterocycles. The molecule has 0 fully saturated rings. The smallest absolute Gasteiger partial charge is 0.259 e. The van der Waals surface area contributed by atoms with Crippen LogP contribution in [0.15, 0.2) is 24.3 Å². The quantitative estimate of drug-likeness (QED) is 0.912. The van der Waals surface area contributed by atoms with Crippen molar-refractivity contribution < 1.29 is 14.3 Å². The van der Waals surface area contributed by atoms with E-state index in [2.05, 4.69) is 5.32 Å². The lowest BCUT2D eigenvalue weighted by atomic mass is 9.98. The Bertz CT molecular complexity index is 784. The van der Waals surface area contributed by atoms with Crippen molar-refractivity contribution >= 4 is 23.2 Å². The number of amides is 1. The first-order valence-electron chi connectivity index (χ1n) is 7.65. The van der Waals surface area contributed by atoms with Gasteiger partial charge in [0.05, 0.1) is 18.8 Å². The molecule has 1 amide bonds. The zero-order chi connectivity index (χ0) is 16.0. The zero-order valence-corrected chi connectivity index (χ0v) is 13.5. The molecular formula is C18H16ClNO3. The Morgan fingerprint density at radius 1 is 1.17 bits per heavy atom.